The lowest BCUT2D eigenvalue weighted by molar-refractivity contribution is -0.384. The monoisotopic (exact) mass is 307 g/mol. The lowest BCUT2D eigenvalue weighted by Gasteiger charge is -2.08. The van der Waals surface area contributed by atoms with Crippen molar-refractivity contribution in [1.29, 1.82) is 0 Å². The van der Waals surface area contributed by atoms with Crippen LogP contribution < -0.4 is 15.9 Å². The number of hydrogen-bond acceptors (Lipinski definition) is 6. The van der Waals surface area contributed by atoms with E-state index in [4.69, 9.17) is 9.25 Å². The van der Waals surface area contributed by atoms with Gasteiger partial charge in [0.15, 0.2) is 0 Å². The normalized spacial score (nSPS) is 10.3. The number of carbonyl (C=O) groups excluding carboxylic acids is 1. The molecule has 0 radical (unpaired) electrons. The number of nitro benzene ring substituents is 1. The molecule has 2 rings (SSSR count). The van der Waals surface area contributed by atoms with E-state index in [0.29, 0.717) is 22.7 Å². The molecule has 1 aromatic heterocycles. The predicted octanol–water partition coefficient (Wildman–Crippen LogP) is 1.94. The van der Waals surface area contributed by atoms with Crippen molar-refractivity contribution in [2.75, 3.05) is 5.32 Å². The van der Waals surface area contributed by atoms with Crippen LogP contribution in [-0.2, 0) is 0 Å². The van der Waals surface area contributed by atoms with E-state index in [0.717, 1.165) is 4.73 Å². The maximum atomic E-state index is 11.8. The topological polar surface area (TPSA) is 117 Å². The molecule has 2 aromatic rings. The van der Waals surface area contributed by atoms with E-state index in [-0.39, 0.29) is 5.69 Å². The van der Waals surface area contributed by atoms with E-state index in [1.807, 2.05) is 0 Å². The number of hydrogen-bond donors (Lipinski definition) is 1. The fourth-order valence-electron chi connectivity index (χ4n) is 1.75. The highest BCUT2D eigenvalue weighted by Crippen LogP contribution is 2.21. The van der Waals surface area contributed by atoms with Gasteiger partial charge in [0.25, 0.3) is 5.69 Å². The minimum absolute atomic E-state index is 0.0889. The molecule has 9 heteroatoms. The van der Waals surface area contributed by atoms with Crippen LogP contribution in [0.25, 0.3) is 0 Å². The molecule has 1 N–H and O–H groups in total. The number of carbonyl (C=O) groups is 1. The van der Waals surface area contributed by atoms with Gasteiger partial charge in [0.1, 0.15) is 11.5 Å². The standard InChI is InChI=1S/C13H13N3O6/c1-7-6-10(16(19)20)4-5-11(7)14-12(17)22-15-8(2)9(3)21-13(15)18/h4-6H,1-3H3,(H,14,17). The number of non-ortho nitro benzene ring substituents is 1. The number of benzene rings is 1. The summed E-state index contributed by atoms with van der Waals surface area (Å²) in [6.07, 6.45) is -0.914. The van der Waals surface area contributed by atoms with Crippen molar-refractivity contribution < 1.29 is 19.0 Å². The summed E-state index contributed by atoms with van der Waals surface area (Å²) in [5.41, 5.74) is 1.09. The van der Waals surface area contributed by atoms with Crippen LogP contribution in [-0.4, -0.2) is 15.7 Å². The second-order valence-electron chi connectivity index (χ2n) is 4.56. The minimum atomic E-state index is -0.914. The summed E-state index contributed by atoms with van der Waals surface area (Å²) < 4.78 is 5.52. The SMILES string of the molecule is Cc1cc([N+](=O)[O-])ccc1NC(=O)On1c(C)c(C)oc1=O. The maximum absolute atomic E-state index is 11.8. The van der Waals surface area contributed by atoms with Gasteiger partial charge in [-0.15, -0.1) is 4.73 Å². The summed E-state index contributed by atoms with van der Waals surface area (Å²) in [5.74, 6) is -0.477. The average Bonchev–Trinajstić information content (AvgIpc) is 2.67. The van der Waals surface area contributed by atoms with E-state index < -0.39 is 16.8 Å². The molecule has 1 heterocycles. The molecule has 9 nitrogen and oxygen atoms in total. The van der Waals surface area contributed by atoms with Crippen LogP contribution in [0.3, 0.4) is 0 Å². The van der Waals surface area contributed by atoms with Crippen LogP contribution in [0.2, 0.25) is 0 Å². The Bertz CT molecular complexity index is 805. The zero-order valence-electron chi connectivity index (χ0n) is 12.1. The molecular weight excluding hydrogens is 294 g/mol. The van der Waals surface area contributed by atoms with Crippen molar-refractivity contribution in [2.24, 2.45) is 0 Å². The van der Waals surface area contributed by atoms with Gasteiger partial charge in [-0.25, -0.2) is 9.59 Å². The van der Waals surface area contributed by atoms with Crippen LogP contribution in [0.4, 0.5) is 16.2 Å². The lowest BCUT2D eigenvalue weighted by Crippen LogP contribution is -2.32. The highest BCUT2D eigenvalue weighted by Gasteiger charge is 2.16. The van der Waals surface area contributed by atoms with Crippen LogP contribution in [0, 0.1) is 30.9 Å². The average molecular weight is 307 g/mol. The summed E-state index contributed by atoms with van der Waals surface area (Å²) in [5, 5.41) is 13.1. The highest BCUT2D eigenvalue weighted by molar-refractivity contribution is 5.86. The third-order valence-corrected chi connectivity index (χ3v) is 3.05. The molecule has 0 aliphatic heterocycles. The molecule has 1 amide bonds. The quantitative estimate of drug-likeness (QED) is 0.684. The Morgan fingerprint density at radius 1 is 1.36 bits per heavy atom. The molecule has 0 aliphatic carbocycles. The molecule has 0 fully saturated rings. The van der Waals surface area contributed by atoms with Crippen molar-refractivity contribution in [3.8, 4) is 0 Å². The van der Waals surface area contributed by atoms with Crippen molar-refractivity contribution in [1.82, 2.24) is 4.73 Å². The highest BCUT2D eigenvalue weighted by atomic mass is 16.7. The number of nitro groups is 1. The van der Waals surface area contributed by atoms with Gasteiger partial charge in [-0.2, -0.15) is 0 Å². The number of aromatic nitrogens is 1. The molecule has 0 unspecified atom stereocenters. The minimum Gasteiger partial charge on any atom is -0.411 e. The molecule has 1 aromatic carbocycles. The molecule has 0 saturated heterocycles. The van der Waals surface area contributed by atoms with E-state index in [1.54, 1.807) is 20.8 Å². The smallest absolute Gasteiger partial charge is 0.411 e. The van der Waals surface area contributed by atoms with Gasteiger partial charge < -0.3 is 9.25 Å². The van der Waals surface area contributed by atoms with E-state index in [1.165, 1.54) is 18.2 Å². The molecule has 0 spiro atoms. The van der Waals surface area contributed by atoms with Gasteiger partial charge in [0, 0.05) is 17.8 Å². The van der Waals surface area contributed by atoms with Crippen molar-refractivity contribution in [3.05, 3.63) is 55.9 Å². The number of anilines is 1. The van der Waals surface area contributed by atoms with E-state index >= 15 is 0 Å². The molecule has 0 aliphatic rings. The number of amides is 1. The Morgan fingerprint density at radius 3 is 2.55 bits per heavy atom. The first kappa shape index (κ1) is 15.3. The van der Waals surface area contributed by atoms with E-state index in [9.17, 15) is 19.7 Å². The molecule has 0 bridgehead atoms. The number of nitrogens with zero attached hydrogens (tertiary/aromatic N) is 2. The largest absolute Gasteiger partial charge is 0.453 e. The van der Waals surface area contributed by atoms with E-state index in [2.05, 4.69) is 5.32 Å². The van der Waals surface area contributed by atoms with Crippen molar-refractivity contribution >= 4 is 17.5 Å². The summed E-state index contributed by atoms with van der Waals surface area (Å²) >= 11 is 0. The first-order chi connectivity index (χ1) is 10.3. The molecule has 22 heavy (non-hydrogen) atoms. The van der Waals surface area contributed by atoms with Gasteiger partial charge in [-0.3, -0.25) is 15.4 Å². The van der Waals surface area contributed by atoms with Gasteiger partial charge >= 0.3 is 11.8 Å². The first-order valence-corrected chi connectivity index (χ1v) is 6.23. The van der Waals surface area contributed by atoms with Crippen LogP contribution >= 0.6 is 0 Å². The lowest BCUT2D eigenvalue weighted by atomic mass is 10.2. The van der Waals surface area contributed by atoms with Gasteiger partial charge in [0.2, 0.25) is 0 Å². The first-order valence-electron chi connectivity index (χ1n) is 6.23. The molecule has 0 atom stereocenters. The summed E-state index contributed by atoms with van der Waals surface area (Å²) in [7, 11) is 0. The van der Waals surface area contributed by atoms with Crippen molar-refractivity contribution in [2.45, 2.75) is 20.8 Å². The molecular formula is C13H13N3O6. The Labute approximate surface area is 124 Å². The number of oxazole rings is 1. The van der Waals surface area contributed by atoms with Gasteiger partial charge in [0.05, 0.1) is 4.92 Å². The number of rotatable bonds is 3. The van der Waals surface area contributed by atoms with Crippen LogP contribution in [0.1, 0.15) is 17.0 Å². The fourth-order valence-corrected chi connectivity index (χ4v) is 1.75. The Kier molecular flexibility index (Phi) is 3.97. The second kappa shape index (κ2) is 5.72. The molecule has 0 saturated carbocycles. The Hall–Kier alpha value is -3.10. The zero-order valence-corrected chi connectivity index (χ0v) is 12.1. The second-order valence-corrected chi connectivity index (χ2v) is 4.56. The van der Waals surface area contributed by atoms with Gasteiger partial charge in [-0.05, 0) is 32.4 Å². The summed E-state index contributed by atoms with van der Waals surface area (Å²) in [4.78, 5) is 38.2. The third kappa shape index (κ3) is 2.97. The van der Waals surface area contributed by atoms with Crippen molar-refractivity contribution in [3.63, 3.8) is 0 Å². The summed E-state index contributed by atoms with van der Waals surface area (Å²) in [6, 6.07) is 3.95. The number of nitrogens with one attached hydrogen (secondary N) is 1. The Balaban J connectivity index is 2.16. The van der Waals surface area contributed by atoms with Crippen LogP contribution in [0.5, 0.6) is 0 Å². The summed E-state index contributed by atoms with van der Waals surface area (Å²) in [6.45, 7) is 4.72. The van der Waals surface area contributed by atoms with Crippen LogP contribution in [0.15, 0.2) is 27.4 Å². The van der Waals surface area contributed by atoms with Gasteiger partial charge in [-0.1, -0.05) is 0 Å². The molecule has 116 valence electrons. The Morgan fingerprint density at radius 2 is 2.05 bits per heavy atom. The third-order valence-electron chi connectivity index (χ3n) is 3.05. The zero-order chi connectivity index (χ0) is 16.4. The maximum Gasteiger partial charge on any atom is 0.453 e. The fraction of sp³-hybridized carbons (Fsp3) is 0.231. The predicted molar refractivity (Wildman–Crippen MR) is 75.9 cm³/mol. The number of aryl methyl sites for hydroxylation is 2.